The molecule has 0 radical (unpaired) electrons. The summed E-state index contributed by atoms with van der Waals surface area (Å²) in [5.41, 5.74) is 4.70. The molecular formula is C24H25BrN4O. The van der Waals surface area contributed by atoms with E-state index in [0.717, 1.165) is 40.0 Å². The highest BCUT2D eigenvalue weighted by atomic mass is 79.9. The van der Waals surface area contributed by atoms with Gasteiger partial charge >= 0.3 is 0 Å². The third-order valence-corrected chi connectivity index (χ3v) is 6.29. The van der Waals surface area contributed by atoms with Gasteiger partial charge in [-0.2, -0.15) is 5.26 Å². The van der Waals surface area contributed by atoms with Gasteiger partial charge in [-0.15, -0.1) is 0 Å². The lowest BCUT2D eigenvalue weighted by Crippen LogP contribution is -2.41. The molecule has 2 aromatic heterocycles. The molecule has 0 saturated carbocycles. The Hall–Kier alpha value is -2.49. The number of rotatable bonds is 4. The monoisotopic (exact) mass is 464 g/mol. The third-order valence-electron chi connectivity index (χ3n) is 5.85. The minimum Gasteiger partial charge on any atom is -0.311 e. The SMILES string of the molecule is Cc1c(C(=O)CN2C[C@H](C)C[C@@H](C)C2)c2ncc(Br)cc2n1-c1ccc(C#N)cc1. The Morgan fingerprint density at radius 3 is 2.53 bits per heavy atom. The van der Waals surface area contributed by atoms with Gasteiger partial charge in [0.15, 0.2) is 5.78 Å². The Bertz CT molecular complexity index is 1130. The van der Waals surface area contributed by atoms with Crippen molar-refractivity contribution in [2.45, 2.75) is 27.2 Å². The van der Waals surface area contributed by atoms with E-state index in [1.54, 1.807) is 18.3 Å². The van der Waals surface area contributed by atoms with E-state index in [4.69, 9.17) is 5.26 Å². The smallest absolute Gasteiger partial charge is 0.180 e. The van der Waals surface area contributed by atoms with Gasteiger partial charge in [-0.05, 0) is 71.4 Å². The molecule has 5 nitrogen and oxygen atoms in total. The van der Waals surface area contributed by atoms with Crippen molar-refractivity contribution < 1.29 is 4.79 Å². The molecule has 0 bridgehead atoms. The van der Waals surface area contributed by atoms with Gasteiger partial charge in [0.2, 0.25) is 0 Å². The number of nitrogens with zero attached hydrogens (tertiary/aromatic N) is 4. The van der Waals surface area contributed by atoms with Crippen molar-refractivity contribution in [3.8, 4) is 11.8 Å². The van der Waals surface area contributed by atoms with Crippen LogP contribution in [0.2, 0.25) is 0 Å². The molecule has 1 aromatic carbocycles. The fourth-order valence-corrected chi connectivity index (χ4v) is 5.13. The number of hydrogen-bond donors (Lipinski definition) is 0. The molecule has 0 unspecified atom stereocenters. The van der Waals surface area contributed by atoms with Crippen molar-refractivity contribution >= 4 is 32.7 Å². The number of ketones is 1. The number of carbonyl (C=O) groups is 1. The van der Waals surface area contributed by atoms with Crippen LogP contribution in [0.4, 0.5) is 0 Å². The van der Waals surface area contributed by atoms with E-state index in [1.165, 1.54) is 6.42 Å². The van der Waals surface area contributed by atoms with Crippen LogP contribution >= 0.6 is 15.9 Å². The molecule has 30 heavy (non-hydrogen) atoms. The van der Waals surface area contributed by atoms with Crippen LogP contribution in [0.1, 0.15) is 41.9 Å². The summed E-state index contributed by atoms with van der Waals surface area (Å²) in [7, 11) is 0. The van der Waals surface area contributed by atoms with E-state index in [2.05, 4.69) is 50.3 Å². The Morgan fingerprint density at radius 2 is 1.90 bits per heavy atom. The largest absolute Gasteiger partial charge is 0.311 e. The predicted octanol–water partition coefficient (Wildman–Crippen LogP) is 5.13. The summed E-state index contributed by atoms with van der Waals surface area (Å²) in [5.74, 6) is 1.33. The number of piperidine rings is 1. The highest BCUT2D eigenvalue weighted by Gasteiger charge is 2.27. The van der Waals surface area contributed by atoms with Crippen LogP contribution in [0.25, 0.3) is 16.7 Å². The summed E-state index contributed by atoms with van der Waals surface area (Å²) < 4.78 is 2.92. The summed E-state index contributed by atoms with van der Waals surface area (Å²) in [4.78, 5) is 20.3. The molecule has 2 atom stereocenters. The maximum absolute atomic E-state index is 13.4. The first-order valence-electron chi connectivity index (χ1n) is 10.3. The Labute approximate surface area is 185 Å². The van der Waals surface area contributed by atoms with Crippen molar-refractivity contribution in [3.63, 3.8) is 0 Å². The summed E-state index contributed by atoms with van der Waals surface area (Å²) in [6, 6.07) is 11.6. The van der Waals surface area contributed by atoms with Crippen LogP contribution in [0.3, 0.4) is 0 Å². The molecule has 4 rings (SSSR count). The van der Waals surface area contributed by atoms with E-state index < -0.39 is 0 Å². The molecule has 0 N–H and O–H groups in total. The number of hydrogen-bond acceptors (Lipinski definition) is 4. The van der Waals surface area contributed by atoms with Gasteiger partial charge in [-0.3, -0.25) is 14.7 Å². The molecule has 1 saturated heterocycles. The van der Waals surface area contributed by atoms with E-state index >= 15 is 0 Å². The van der Waals surface area contributed by atoms with Crippen LogP contribution in [-0.2, 0) is 0 Å². The zero-order valence-corrected chi connectivity index (χ0v) is 19.1. The van der Waals surface area contributed by atoms with Crippen LogP contribution in [-0.4, -0.2) is 39.9 Å². The van der Waals surface area contributed by atoms with Crippen LogP contribution in [0, 0.1) is 30.1 Å². The average Bonchev–Trinajstić information content (AvgIpc) is 2.98. The molecule has 1 aliphatic rings. The lowest BCUT2D eigenvalue weighted by Gasteiger charge is -2.34. The van der Waals surface area contributed by atoms with Gasteiger partial charge in [0.25, 0.3) is 0 Å². The van der Waals surface area contributed by atoms with Crippen LogP contribution in [0.15, 0.2) is 41.0 Å². The topological polar surface area (TPSA) is 61.9 Å². The quantitative estimate of drug-likeness (QED) is 0.502. The van der Waals surface area contributed by atoms with Crippen molar-refractivity contribution in [1.82, 2.24) is 14.5 Å². The average molecular weight is 465 g/mol. The number of benzene rings is 1. The van der Waals surface area contributed by atoms with E-state index in [-0.39, 0.29) is 5.78 Å². The molecule has 0 spiro atoms. The fourth-order valence-electron chi connectivity index (χ4n) is 4.81. The lowest BCUT2D eigenvalue weighted by molar-refractivity contribution is 0.0850. The number of Topliss-reactive ketones (excluding diaryl/α,β-unsaturated/α-hetero) is 1. The first-order chi connectivity index (χ1) is 14.4. The van der Waals surface area contributed by atoms with Crippen molar-refractivity contribution in [1.29, 1.82) is 5.26 Å². The molecule has 1 aliphatic heterocycles. The standard InChI is InChI=1S/C24H25BrN4O/c1-15-8-16(2)13-28(12-15)14-22(30)23-17(3)29(20-6-4-18(10-26)5-7-20)21-9-19(25)11-27-24(21)23/h4-7,9,11,15-16H,8,12-14H2,1-3H3/t15-,16-/m1/s1. The van der Waals surface area contributed by atoms with Crippen molar-refractivity contribution in [2.24, 2.45) is 11.8 Å². The number of pyridine rings is 1. The first kappa shape index (κ1) is 20.8. The maximum atomic E-state index is 13.4. The number of halogens is 1. The summed E-state index contributed by atoms with van der Waals surface area (Å²) in [6.07, 6.45) is 2.96. The molecule has 3 heterocycles. The zero-order chi connectivity index (χ0) is 21.4. The van der Waals surface area contributed by atoms with Gasteiger partial charge in [-0.25, -0.2) is 0 Å². The summed E-state index contributed by atoms with van der Waals surface area (Å²) in [5, 5.41) is 9.11. The first-order valence-corrected chi connectivity index (χ1v) is 11.1. The molecule has 1 fully saturated rings. The second-order valence-electron chi connectivity index (χ2n) is 8.54. The van der Waals surface area contributed by atoms with E-state index in [1.807, 2.05) is 25.1 Å². The van der Waals surface area contributed by atoms with Gasteiger partial charge in [0.1, 0.15) is 0 Å². The lowest BCUT2D eigenvalue weighted by atomic mass is 9.91. The summed E-state index contributed by atoms with van der Waals surface area (Å²) in [6.45, 7) is 8.83. The normalized spacial score (nSPS) is 19.7. The maximum Gasteiger partial charge on any atom is 0.180 e. The van der Waals surface area contributed by atoms with E-state index in [0.29, 0.717) is 29.5 Å². The molecule has 0 amide bonds. The highest BCUT2D eigenvalue weighted by molar-refractivity contribution is 9.10. The molecule has 3 aromatic rings. The molecule has 0 aliphatic carbocycles. The van der Waals surface area contributed by atoms with Gasteiger partial charge in [0.05, 0.1) is 34.8 Å². The Balaban J connectivity index is 1.77. The Morgan fingerprint density at radius 1 is 1.23 bits per heavy atom. The second-order valence-corrected chi connectivity index (χ2v) is 9.45. The number of aromatic nitrogens is 2. The van der Waals surface area contributed by atoms with E-state index in [9.17, 15) is 4.79 Å². The number of fused-ring (bicyclic) bond motifs is 1. The summed E-state index contributed by atoms with van der Waals surface area (Å²) >= 11 is 3.51. The number of nitriles is 1. The molecule has 6 heteroatoms. The minimum atomic E-state index is 0.112. The predicted molar refractivity (Wildman–Crippen MR) is 122 cm³/mol. The minimum absolute atomic E-state index is 0.112. The number of carbonyl (C=O) groups excluding carboxylic acids is 1. The molecule has 154 valence electrons. The highest BCUT2D eigenvalue weighted by Crippen LogP contribution is 2.31. The third kappa shape index (κ3) is 3.92. The number of likely N-dealkylation sites (tertiary alicyclic amines) is 1. The fraction of sp³-hybridized carbons (Fsp3) is 0.375. The van der Waals surface area contributed by atoms with Crippen molar-refractivity contribution in [3.05, 3.63) is 57.8 Å². The van der Waals surface area contributed by atoms with Crippen LogP contribution in [0.5, 0.6) is 0 Å². The van der Waals surface area contributed by atoms with Crippen molar-refractivity contribution in [2.75, 3.05) is 19.6 Å². The molecular weight excluding hydrogens is 440 g/mol. The Kier molecular flexibility index (Phi) is 5.77. The van der Waals surface area contributed by atoms with Gasteiger partial charge < -0.3 is 4.57 Å². The second kappa shape index (κ2) is 8.33. The van der Waals surface area contributed by atoms with Gasteiger partial charge in [0, 0.05) is 35.1 Å². The van der Waals surface area contributed by atoms with Gasteiger partial charge in [-0.1, -0.05) is 13.8 Å². The van der Waals surface area contributed by atoms with Crippen LogP contribution < -0.4 is 0 Å². The zero-order valence-electron chi connectivity index (χ0n) is 17.5.